The van der Waals surface area contributed by atoms with Gasteiger partial charge in [0.1, 0.15) is 11.4 Å². The normalized spacial score (nSPS) is 11.3. The minimum absolute atomic E-state index is 0.288. The van der Waals surface area contributed by atoms with Crippen molar-refractivity contribution >= 4 is 0 Å². The van der Waals surface area contributed by atoms with Gasteiger partial charge >= 0.3 is 5.92 Å². The van der Waals surface area contributed by atoms with Crippen molar-refractivity contribution in [3.05, 3.63) is 60.2 Å². The molecule has 2 heterocycles. The Kier molecular flexibility index (Phi) is 2.41. The van der Waals surface area contributed by atoms with Crippen molar-refractivity contribution in [1.82, 2.24) is 9.97 Å². The molecule has 0 bridgehead atoms. The molecule has 0 fully saturated rings. The van der Waals surface area contributed by atoms with Crippen LogP contribution in [0.2, 0.25) is 0 Å². The molecule has 0 N–H and O–H groups in total. The summed E-state index contributed by atoms with van der Waals surface area (Å²) in [6, 6.07) is 8.82. The predicted octanol–water partition coefficient (Wildman–Crippen LogP) is 2.62. The Hall–Kier alpha value is -1.84. The Morgan fingerprint density at radius 1 is 0.800 bits per heavy atom. The summed E-state index contributed by atoms with van der Waals surface area (Å²) in [6.07, 6.45) is 2.68. The molecule has 0 saturated heterocycles. The van der Waals surface area contributed by atoms with Gasteiger partial charge in [0.05, 0.1) is 0 Å². The highest BCUT2D eigenvalue weighted by atomic mass is 19.3. The van der Waals surface area contributed by atoms with Crippen molar-refractivity contribution in [3.8, 4) is 0 Å². The van der Waals surface area contributed by atoms with Gasteiger partial charge in [0, 0.05) is 12.4 Å². The number of halogens is 2. The molecule has 0 aromatic carbocycles. The summed E-state index contributed by atoms with van der Waals surface area (Å²) in [7, 11) is 0. The Morgan fingerprint density at radius 2 is 1.27 bits per heavy atom. The molecule has 0 unspecified atom stereocenters. The molecule has 2 aromatic heterocycles. The summed E-state index contributed by atoms with van der Waals surface area (Å²) >= 11 is 0. The molecule has 76 valence electrons. The second kappa shape index (κ2) is 3.73. The number of hydrogen-bond acceptors (Lipinski definition) is 2. The maximum Gasteiger partial charge on any atom is 0.331 e. The molecule has 0 aliphatic rings. The van der Waals surface area contributed by atoms with Crippen LogP contribution >= 0.6 is 0 Å². The van der Waals surface area contributed by atoms with Gasteiger partial charge in [0.15, 0.2) is 0 Å². The number of nitrogens with zero attached hydrogens (tertiary/aromatic N) is 2. The lowest BCUT2D eigenvalue weighted by molar-refractivity contribution is 0.0332. The van der Waals surface area contributed by atoms with Crippen molar-refractivity contribution in [3.63, 3.8) is 0 Å². The van der Waals surface area contributed by atoms with Crippen molar-refractivity contribution in [1.29, 1.82) is 0 Å². The fraction of sp³-hybridized carbons (Fsp3) is 0.0909. The van der Waals surface area contributed by atoms with Gasteiger partial charge in [-0.25, -0.2) is 0 Å². The van der Waals surface area contributed by atoms with Crippen LogP contribution in [0.5, 0.6) is 0 Å². The zero-order valence-electron chi connectivity index (χ0n) is 7.77. The second-order valence-electron chi connectivity index (χ2n) is 3.00. The van der Waals surface area contributed by atoms with Gasteiger partial charge in [0.2, 0.25) is 0 Å². The van der Waals surface area contributed by atoms with Crippen LogP contribution in [-0.4, -0.2) is 9.97 Å². The Labute approximate surface area is 85.6 Å². The summed E-state index contributed by atoms with van der Waals surface area (Å²) < 4.78 is 27.5. The van der Waals surface area contributed by atoms with Crippen LogP contribution in [-0.2, 0) is 5.92 Å². The third-order valence-corrected chi connectivity index (χ3v) is 1.97. The van der Waals surface area contributed by atoms with E-state index in [-0.39, 0.29) is 11.4 Å². The molecule has 2 rings (SSSR count). The van der Waals surface area contributed by atoms with E-state index in [1.54, 1.807) is 12.1 Å². The molecule has 0 atom stereocenters. The zero-order valence-corrected chi connectivity index (χ0v) is 7.77. The second-order valence-corrected chi connectivity index (χ2v) is 3.00. The van der Waals surface area contributed by atoms with Crippen LogP contribution in [0.4, 0.5) is 8.78 Å². The standard InChI is InChI=1S/C11H8F2N2/c12-11(13,9-5-1-3-7-14-9)10-6-2-4-8-15-10/h1-8H. The predicted molar refractivity (Wildman–Crippen MR) is 51.5 cm³/mol. The highest BCUT2D eigenvalue weighted by Gasteiger charge is 2.36. The maximum absolute atomic E-state index is 13.8. The Morgan fingerprint density at radius 3 is 1.60 bits per heavy atom. The minimum Gasteiger partial charge on any atom is -0.255 e. The van der Waals surface area contributed by atoms with Crippen LogP contribution in [0.25, 0.3) is 0 Å². The van der Waals surface area contributed by atoms with Gasteiger partial charge < -0.3 is 0 Å². The number of alkyl halides is 2. The number of rotatable bonds is 2. The summed E-state index contributed by atoms with van der Waals surface area (Å²) in [5.41, 5.74) is -0.576. The molecule has 2 aromatic rings. The molecular formula is C11H8F2N2. The van der Waals surface area contributed by atoms with E-state index in [1.165, 1.54) is 36.7 Å². The average molecular weight is 206 g/mol. The van der Waals surface area contributed by atoms with E-state index in [2.05, 4.69) is 9.97 Å². The molecule has 0 radical (unpaired) electrons. The van der Waals surface area contributed by atoms with E-state index >= 15 is 0 Å². The van der Waals surface area contributed by atoms with Crippen LogP contribution in [0.15, 0.2) is 48.8 Å². The van der Waals surface area contributed by atoms with Crippen molar-refractivity contribution in [2.24, 2.45) is 0 Å². The summed E-state index contributed by atoms with van der Waals surface area (Å²) in [5.74, 6) is -3.14. The van der Waals surface area contributed by atoms with Gasteiger partial charge in [-0.15, -0.1) is 0 Å². The first-order valence-corrected chi connectivity index (χ1v) is 4.42. The summed E-state index contributed by atoms with van der Waals surface area (Å²) in [6.45, 7) is 0. The van der Waals surface area contributed by atoms with Gasteiger partial charge in [-0.3, -0.25) is 9.97 Å². The van der Waals surface area contributed by atoms with E-state index in [9.17, 15) is 8.78 Å². The van der Waals surface area contributed by atoms with Crippen LogP contribution in [0, 0.1) is 0 Å². The van der Waals surface area contributed by atoms with Crippen LogP contribution < -0.4 is 0 Å². The topological polar surface area (TPSA) is 25.8 Å². The highest BCUT2D eigenvalue weighted by molar-refractivity contribution is 5.23. The van der Waals surface area contributed by atoms with Crippen molar-refractivity contribution in [2.45, 2.75) is 5.92 Å². The highest BCUT2D eigenvalue weighted by Crippen LogP contribution is 2.32. The van der Waals surface area contributed by atoms with Crippen molar-refractivity contribution < 1.29 is 8.78 Å². The molecule has 0 amide bonds. The van der Waals surface area contributed by atoms with Crippen LogP contribution in [0.3, 0.4) is 0 Å². The zero-order chi connectivity index (χ0) is 10.7. The number of pyridine rings is 2. The largest absolute Gasteiger partial charge is 0.331 e. The molecular weight excluding hydrogens is 198 g/mol. The first-order valence-electron chi connectivity index (χ1n) is 4.42. The Bertz CT molecular complexity index is 387. The fourth-order valence-corrected chi connectivity index (χ4v) is 1.23. The van der Waals surface area contributed by atoms with Gasteiger partial charge in [-0.1, -0.05) is 12.1 Å². The van der Waals surface area contributed by atoms with Crippen molar-refractivity contribution in [2.75, 3.05) is 0 Å². The third kappa shape index (κ3) is 1.83. The van der Waals surface area contributed by atoms with E-state index in [4.69, 9.17) is 0 Å². The van der Waals surface area contributed by atoms with E-state index in [1.807, 2.05) is 0 Å². The maximum atomic E-state index is 13.8. The number of hydrogen-bond donors (Lipinski definition) is 0. The summed E-state index contributed by atoms with van der Waals surface area (Å²) in [4.78, 5) is 7.27. The minimum atomic E-state index is -3.14. The monoisotopic (exact) mass is 206 g/mol. The molecule has 15 heavy (non-hydrogen) atoms. The molecule has 0 aliphatic carbocycles. The lowest BCUT2D eigenvalue weighted by Crippen LogP contribution is -2.18. The van der Waals surface area contributed by atoms with Gasteiger partial charge in [-0.2, -0.15) is 8.78 Å². The average Bonchev–Trinajstić information content (AvgIpc) is 2.31. The first-order chi connectivity index (χ1) is 7.21. The van der Waals surface area contributed by atoms with Gasteiger partial charge in [-0.05, 0) is 24.3 Å². The smallest absolute Gasteiger partial charge is 0.255 e. The lowest BCUT2D eigenvalue weighted by atomic mass is 10.1. The Balaban J connectivity index is 2.44. The van der Waals surface area contributed by atoms with Gasteiger partial charge in [0.25, 0.3) is 0 Å². The number of aromatic nitrogens is 2. The SMILES string of the molecule is FC(F)(c1ccccn1)c1ccccn1. The third-order valence-electron chi connectivity index (χ3n) is 1.97. The lowest BCUT2D eigenvalue weighted by Gasteiger charge is -2.14. The van der Waals surface area contributed by atoms with Crippen LogP contribution in [0.1, 0.15) is 11.4 Å². The molecule has 0 aliphatic heterocycles. The quantitative estimate of drug-likeness (QED) is 0.754. The molecule has 4 heteroatoms. The van der Waals surface area contributed by atoms with E-state index in [0.717, 1.165) is 0 Å². The van der Waals surface area contributed by atoms with E-state index < -0.39 is 5.92 Å². The first kappa shape index (κ1) is 9.71. The molecule has 2 nitrogen and oxygen atoms in total. The summed E-state index contributed by atoms with van der Waals surface area (Å²) in [5, 5.41) is 0. The molecule has 0 saturated carbocycles. The van der Waals surface area contributed by atoms with E-state index in [0.29, 0.717) is 0 Å². The fourth-order valence-electron chi connectivity index (χ4n) is 1.23. The molecule has 0 spiro atoms.